The van der Waals surface area contributed by atoms with E-state index in [0.717, 1.165) is 20.1 Å². The first-order chi connectivity index (χ1) is 15.4. The minimum absolute atomic E-state index is 0.108. The fraction of sp³-hybridized carbons (Fsp3) is 0. The maximum Gasteiger partial charge on any atom is 0.194 e. The highest BCUT2D eigenvalue weighted by Crippen LogP contribution is 2.50. The summed E-state index contributed by atoms with van der Waals surface area (Å²) in [5, 5.41) is 1.00. The van der Waals surface area contributed by atoms with Gasteiger partial charge < -0.3 is 0 Å². The normalized spacial score (nSPS) is 13.1. The Morgan fingerprint density at radius 1 is 0.469 bits per heavy atom. The summed E-state index contributed by atoms with van der Waals surface area (Å²) >= 11 is 20.0. The summed E-state index contributed by atoms with van der Waals surface area (Å²) in [6.07, 6.45) is 0. The first kappa shape index (κ1) is 20.4. The number of rotatable bonds is 1. The van der Waals surface area contributed by atoms with Crippen LogP contribution in [0.1, 0.15) is 31.8 Å². The van der Waals surface area contributed by atoms with Crippen molar-refractivity contribution in [2.24, 2.45) is 0 Å². The first-order valence-corrected chi connectivity index (χ1v) is 12.1. The summed E-state index contributed by atoms with van der Waals surface area (Å²) in [5.41, 5.74) is 6.55. The van der Waals surface area contributed by atoms with Crippen molar-refractivity contribution in [2.45, 2.75) is 0 Å². The average molecular weight is 585 g/mol. The number of halogens is 4. The van der Waals surface area contributed by atoms with E-state index in [2.05, 4.69) is 31.9 Å². The smallest absolute Gasteiger partial charge is 0.194 e. The van der Waals surface area contributed by atoms with Crippen LogP contribution in [0.3, 0.4) is 0 Å². The summed E-state index contributed by atoms with van der Waals surface area (Å²) < 4.78 is 1.64. The summed E-state index contributed by atoms with van der Waals surface area (Å²) in [4.78, 5) is 27.0. The third kappa shape index (κ3) is 2.70. The predicted octanol–water partition coefficient (Wildman–Crippen LogP) is 8.61. The molecule has 0 atom stereocenters. The zero-order chi connectivity index (χ0) is 22.3. The van der Waals surface area contributed by atoms with Crippen molar-refractivity contribution in [1.29, 1.82) is 0 Å². The van der Waals surface area contributed by atoms with E-state index in [1.54, 1.807) is 12.1 Å². The Morgan fingerprint density at radius 3 is 1.25 bits per heavy atom. The number of fused-ring (bicyclic) bond motifs is 6. The number of carbonyl (C=O) groups is 2. The highest BCUT2D eigenvalue weighted by Gasteiger charge is 2.36. The van der Waals surface area contributed by atoms with Gasteiger partial charge in [-0.25, -0.2) is 0 Å². The van der Waals surface area contributed by atoms with Crippen molar-refractivity contribution in [2.75, 3.05) is 0 Å². The van der Waals surface area contributed by atoms with Gasteiger partial charge in [-0.2, -0.15) is 0 Å². The minimum atomic E-state index is -0.108. The van der Waals surface area contributed by atoms with E-state index in [1.165, 1.54) is 0 Å². The van der Waals surface area contributed by atoms with E-state index in [-0.39, 0.29) is 11.6 Å². The summed E-state index contributed by atoms with van der Waals surface area (Å²) in [6, 6.07) is 18.4. The lowest BCUT2D eigenvalue weighted by Crippen LogP contribution is -2.03. The van der Waals surface area contributed by atoms with E-state index in [1.807, 2.05) is 48.5 Å². The Balaban J connectivity index is 1.66. The van der Waals surface area contributed by atoms with Gasteiger partial charge in [-0.05, 0) is 58.7 Å². The second-order valence-electron chi connectivity index (χ2n) is 7.73. The molecule has 0 spiro atoms. The Kier molecular flexibility index (Phi) is 4.54. The van der Waals surface area contributed by atoms with Gasteiger partial charge >= 0.3 is 0 Å². The van der Waals surface area contributed by atoms with Crippen molar-refractivity contribution in [3.63, 3.8) is 0 Å². The van der Waals surface area contributed by atoms with Crippen LogP contribution in [-0.4, -0.2) is 11.6 Å². The highest BCUT2D eigenvalue weighted by molar-refractivity contribution is 9.10. The Morgan fingerprint density at radius 2 is 0.844 bits per heavy atom. The number of hydrogen-bond acceptors (Lipinski definition) is 2. The van der Waals surface area contributed by atoms with Crippen LogP contribution >= 0.6 is 55.1 Å². The zero-order valence-electron chi connectivity index (χ0n) is 16.1. The molecule has 4 aromatic carbocycles. The number of benzene rings is 4. The molecule has 0 saturated carbocycles. The van der Waals surface area contributed by atoms with Crippen LogP contribution in [-0.2, 0) is 0 Å². The fourth-order valence-electron chi connectivity index (χ4n) is 4.72. The number of carbonyl (C=O) groups excluding carboxylic acids is 2. The van der Waals surface area contributed by atoms with Crippen LogP contribution < -0.4 is 0 Å². The maximum absolute atomic E-state index is 13.5. The zero-order valence-corrected chi connectivity index (χ0v) is 20.8. The van der Waals surface area contributed by atoms with Gasteiger partial charge in [0, 0.05) is 52.4 Å². The lowest BCUT2D eigenvalue weighted by molar-refractivity contribution is 0.103. The van der Waals surface area contributed by atoms with Crippen LogP contribution in [0.4, 0.5) is 0 Å². The molecule has 0 heterocycles. The molecule has 2 aliphatic carbocycles. The van der Waals surface area contributed by atoms with Gasteiger partial charge in [0.2, 0.25) is 0 Å². The van der Waals surface area contributed by atoms with Gasteiger partial charge in [-0.15, -0.1) is 0 Å². The SMILES string of the molecule is O=C1c2cc(Br)ccc2-c2c(Cl)ccc(-c3ccc(Cl)c4c3C(=O)c3cc(Br)ccc3-4)c21. The molecule has 0 aliphatic heterocycles. The molecule has 0 radical (unpaired) electrons. The van der Waals surface area contributed by atoms with Gasteiger partial charge in [-0.3, -0.25) is 9.59 Å². The molecule has 0 bridgehead atoms. The van der Waals surface area contributed by atoms with Gasteiger partial charge in [0.05, 0.1) is 0 Å². The first-order valence-electron chi connectivity index (χ1n) is 9.71. The molecule has 32 heavy (non-hydrogen) atoms. The molecular formula is C26H10Br2Cl2O2. The number of ketones is 2. The van der Waals surface area contributed by atoms with Crippen LogP contribution in [0.15, 0.2) is 69.6 Å². The van der Waals surface area contributed by atoms with E-state index in [0.29, 0.717) is 54.6 Å². The van der Waals surface area contributed by atoms with Gasteiger partial charge in [0.1, 0.15) is 0 Å². The molecule has 0 N–H and O–H groups in total. The molecule has 0 aromatic heterocycles. The van der Waals surface area contributed by atoms with Gasteiger partial charge in [0.15, 0.2) is 11.6 Å². The van der Waals surface area contributed by atoms with Crippen LogP contribution in [0, 0.1) is 0 Å². The topological polar surface area (TPSA) is 34.1 Å². The van der Waals surface area contributed by atoms with Crippen molar-refractivity contribution in [3.05, 3.63) is 102 Å². The van der Waals surface area contributed by atoms with Crippen LogP contribution in [0.5, 0.6) is 0 Å². The third-order valence-corrected chi connectivity index (χ3v) is 7.66. The Labute approximate surface area is 210 Å². The van der Waals surface area contributed by atoms with E-state index >= 15 is 0 Å². The molecule has 0 fully saturated rings. The molecule has 6 heteroatoms. The molecule has 6 rings (SSSR count). The van der Waals surface area contributed by atoms with Crippen molar-refractivity contribution < 1.29 is 9.59 Å². The summed E-state index contributed by atoms with van der Waals surface area (Å²) in [7, 11) is 0. The Hall–Kier alpha value is -2.24. The number of hydrogen-bond donors (Lipinski definition) is 0. The van der Waals surface area contributed by atoms with Crippen molar-refractivity contribution in [3.8, 4) is 33.4 Å². The van der Waals surface area contributed by atoms with Crippen LogP contribution in [0.25, 0.3) is 33.4 Å². The van der Waals surface area contributed by atoms with Crippen molar-refractivity contribution >= 4 is 66.6 Å². The molecule has 0 amide bonds. The molecular weight excluding hydrogens is 575 g/mol. The maximum atomic E-state index is 13.5. The average Bonchev–Trinajstić information content (AvgIpc) is 3.23. The van der Waals surface area contributed by atoms with Crippen molar-refractivity contribution in [1.82, 2.24) is 0 Å². The second kappa shape index (κ2) is 7.13. The lowest BCUT2D eigenvalue weighted by Gasteiger charge is -2.14. The van der Waals surface area contributed by atoms with Gasteiger partial charge in [-0.1, -0.05) is 79.3 Å². The quantitative estimate of drug-likeness (QED) is 0.194. The lowest BCUT2D eigenvalue weighted by atomic mass is 9.90. The summed E-state index contributed by atoms with van der Waals surface area (Å²) in [6.45, 7) is 0. The predicted molar refractivity (Wildman–Crippen MR) is 135 cm³/mol. The second-order valence-corrected chi connectivity index (χ2v) is 10.4. The standard InChI is InChI=1S/C26H10Br2Cl2O2/c27-11-1-3-15-17(9-11)25(31)23-13(5-7-19(29)21(15)23)14-6-8-20(30)22-16-4-2-12(28)10-18(16)26(32)24(14)22/h1-10H. The molecule has 0 unspecified atom stereocenters. The Bertz CT molecular complexity index is 1440. The molecule has 0 saturated heterocycles. The van der Waals surface area contributed by atoms with Gasteiger partial charge in [0.25, 0.3) is 0 Å². The molecule has 2 nitrogen and oxygen atoms in total. The molecule has 4 aromatic rings. The largest absolute Gasteiger partial charge is 0.289 e. The summed E-state index contributed by atoms with van der Waals surface area (Å²) in [5.74, 6) is -0.216. The fourth-order valence-corrected chi connectivity index (χ4v) is 5.96. The minimum Gasteiger partial charge on any atom is -0.289 e. The monoisotopic (exact) mass is 582 g/mol. The highest BCUT2D eigenvalue weighted by atomic mass is 79.9. The van der Waals surface area contributed by atoms with E-state index in [9.17, 15) is 9.59 Å². The van der Waals surface area contributed by atoms with E-state index in [4.69, 9.17) is 23.2 Å². The van der Waals surface area contributed by atoms with E-state index < -0.39 is 0 Å². The van der Waals surface area contributed by atoms with Crippen LogP contribution in [0.2, 0.25) is 10.0 Å². The molecule has 2 aliphatic rings. The molecule has 154 valence electrons. The third-order valence-electron chi connectivity index (χ3n) is 6.04.